The van der Waals surface area contributed by atoms with Gasteiger partial charge in [-0.05, 0) is 25.5 Å². The third kappa shape index (κ3) is 2.97. The van der Waals surface area contributed by atoms with Gasteiger partial charge < -0.3 is 10.1 Å². The number of ether oxygens (including phenoxy) is 1. The first-order valence-electron chi connectivity index (χ1n) is 4.94. The summed E-state index contributed by atoms with van der Waals surface area (Å²) in [6.45, 7) is 1.91. The average molecular weight is 247 g/mol. The minimum absolute atomic E-state index is 0.157. The third-order valence-corrected chi connectivity index (χ3v) is 2.78. The van der Waals surface area contributed by atoms with Crippen LogP contribution in [0.3, 0.4) is 0 Å². The molecule has 1 saturated heterocycles. The molecule has 0 bridgehead atoms. The summed E-state index contributed by atoms with van der Waals surface area (Å²) in [6.07, 6.45) is 3.85. The Morgan fingerprint density at radius 1 is 1.47 bits per heavy atom. The van der Waals surface area contributed by atoms with Crippen LogP contribution in [0, 0.1) is 0 Å². The smallest absolute Gasteiger partial charge is 0.232 e. The van der Waals surface area contributed by atoms with Gasteiger partial charge in [-0.25, -0.2) is 4.98 Å². The van der Waals surface area contributed by atoms with E-state index < -0.39 is 0 Å². The number of nitrogens with zero attached hydrogens (tertiary/aromatic N) is 1. The van der Waals surface area contributed by atoms with Gasteiger partial charge in [0.25, 0.3) is 0 Å². The maximum Gasteiger partial charge on any atom is 0.232 e. The Bertz CT molecular complexity index is 340. The molecule has 5 heteroatoms. The summed E-state index contributed by atoms with van der Waals surface area (Å²) in [6, 6.07) is 1.64. The first-order valence-corrected chi connectivity index (χ1v) is 5.70. The molecule has 1 aromatic rings. The number of nitrogens with one attached hydrogen (secondary N) is 1. The Morgan fingerprint density at radius 2 is 2.33 bits per heavy atom. The van der Waals surface area contributed by atoms with Gasteiger partial charge >= 0.3 is 0 Å². The van der Waals surface area contributed by atoms with Crippen LogP contribution in [0.15, 0.2) is 12.3 Å². The maximum absolute atomic E-state index is 5.96. The number of hydrogen-bond donors (Lipinski definition) is 1. The van der Waals surface area contributed by atoms with Crippen LogP contribution in [0.2, 0.25) is 10.0 Å². The van der Waals surface area contributed by atoms with E-state index in [1.54, 1.807) is 12.3 Å². The van der Waals surface area contributed by atoms with Crippen LogP contribution in [0.4, 0.5) is 0 Å². The van der Waals surface area contributed by atoms with Crippen LogP contribution in [-0.4, -0.2) is 24.2 Å². The number of hydrogen-bond acceptors (Lipinski definition) is 3. The van der Waals surface area contributed by atoms with Gasteiger partial charge in [-0.1, -0.05) is 23.2 Å². The molecule has 1 aliphatic heterocycles. The fraction of sp³-hybridized carbons (Fsp3) is 0.500. The van der Waals surface area contributed by atoms with E-state index >= 15 is 0 Å². The molecule has 3 nitrogen and oxygen atoms in total. The number of halogens is 2. The molecule has 0 aromatic carbocycles. The second-order valence-corrected chi connectivity index (χ2v) is 4.37. The molecule has 82 valence electrons. The summed E-state index contributed by atoms with van der Waals surface area (Å²) in [5.74, 6) is 0.467. The minimum Gasteiger partial charge on any atom is -0.472 e. The van der Waals surface area contributed by atoms with E-state index in [0.29, 0.717) is 15.9 Å². The van der Waals surface area contributed by atoms with Gasteiger partial charge in [-0.2, -0.15) is 0 Å². The molecule has 15 heavy (non-hydrogen) atoms. The predicted octanol–water partition coefficient (Wildman–Crippen LogP) is 2.52. The molecular formula is C10H12Cl2N2O. The number of aromatic nitrogens is 1. The molecule has 1 atom stereocenters. The molecule has 0 radical (unpaired) electrons. The van der Waals surface area contributed by atoms with Crippen molar-refractivity contribution in [2.45, 2.75) is 18.9 Å². The lowest BCUT2D eigenvalue weighted by Crippen LogP contribution is -2.37. The molecule has 0 saturated carbocycles. The quantitative estimate of drug-likeness (QED) is 0.871. The van der Waals surface area contributed by atoms with Gasteiger partial charge in [-0.3, -0.25) is 0 Å². The monoisotopic (exact) mass is 246 g/mol. The van der Waals surface area contributed by atoms with Crippen molar-refractivity contribution >= 4 is 23.2 Å². The normalized spacial score (nSPS) is 21.3. The highest BCUT2D eigenvalue weighted by atomic mass is 35.5. The lowest BCUT2D eigenvalue weighted by molar-refractivity contribution is 0.160. The SMILES string of the molecule is Clc1cnc(O[C@H]2CCCNC2)c(Cl)c1. The Hall–Kier alpha value is -0.510. The van der Waals surface area contributed by atoms with Gasteiger partial charge in [0.1, 0.15) is 11.1 Å². The summed E-state index contributed by atoms with van der Waals surface area (Å²) in [7, 11) is 0. The van der Waals surface area contributed by atoms with E-state index in [2.05, 4.69) is 10.3 Å². The largest absolute Gasteiger partial charge is 0.472 e. The second-order valence-electron chi connectivity index (χ2n) is 3.53. The van der Waals surface area contributed by atoms with Gasteiger partial charge in [0.2, 0.25) is 5.88 Å². The van der Waals surface area contributed by atoms with Crippen LogP contribution in [0.5, 0.6) is 5.88 Å². The number of piperidine rings is 1. The topological polar surface area (TPSA) is 34.1 Å². The molecular weight excluding hydrogens is 235 g/mol. The Balaban J connectivity index is 2.03. The highest BCUT2D eigenvalue weighted by Gasteiger charge is 2.16. The summed E-state index contributed by atoms with van der Waals surface area (Å²) < 4.78 is 5.68. The van der Waals surface area contributed by atoms with Crippen LogP contribution in [0.25, 0.3) is 0 Å². The van der Waals surface area contributed by atoms with Gasteiger partial charge in [0.05, 0.1) is 5.02 Å². The van der Waals surface area contributed by atoms with Crippen molar-refractivity contribution in [2.24, 2.45) is 0 Å². The number of rotatable bonds is 2. The van der Waals surface area contributed by atoms with Crippen molar-refractivity contribution in [3.05, 3.63) is 22.3 Å². The Morgan fingerprint density at radius 3 is 3.00 bits per heavy atom. The zero-order valence-electron chi connectivity index (χ0n) is 8.17. The van der Waals surface area contributed by atoms with Crippen molar-refractivity contribution in [3.63, 3.8) is 0 Å². The van der Waals surface area contributed by atoms with E-state index in [9.17, 15) is 0 Å². The van der Waals surface area contributed by atoms with Crippen molar-refractivity contribution < 1.29 is 4.74 Å². The predicted molar refractivity (Wildman–Crippen MR) is 60.8 cm³/mol. The zero-order chi connectivity index (χ0) is 10.7. The summed E-state index contributed by atoms with van der Waals surface area (Å²) in [5, 5.41) is 4.25. The lowest BCUT2D eigenvalue weighted by atomic mass is 10.1. The first-order chi connectivity index (χ1) is 7.25. The minimum atomic E-state index is 0.157. The van der Waals surface area contributed by atoms with E-state index in [0.717, 1.165) is 25.9 Å². The fourth-order valence-corrected chi connectivity index (χ4v) is 1.99. The third-order valence-electron chi connectivity index (χ3n) is 2.30. The van der Waals surface area contributed by atoms with Crippen LogP contribution >= 0.6 is 23.2 Å². The maximum atomic E-state index is 5.96. The molecule has 1 aliphatic rings. The standard InChI is InChI=1S/C10H12Cl2N2O/c11-7-4-9(12)10(14-5-7)15-8-2-1-3-13-6-8/h4-5,8,13H,1-3,6H2/t8-/m0/s1. The van der Waals surface area contributed by atoms with Crippen molar-refractivity contribution in [3.8, 4) is 5.88 Å². The van der Waals surface area contributed by atoms with Crippen molar-refractivity contribution in [2.75, 3.05) is 13.1 Å². The summed E-state index contributed by atoms with van der Waals surface area (Å²) in [5.41, 5.74) is 0. The second kappa shape index (κ2) is 5.01. The van der Waals surface area contributed by atoms with E-state index in [1.807, 2.05) is 0 Å². The van der Waals surface area contributed by atoms with Crippen LogP contribution in [-0.2, 0) is 0 Å². The van der Waals surface area contributed by atoms with Crippen molar-refractivity contribution in [1.82, 2.24) is 10.3 Å². The zero-order valence-corrected chi connectivity index (χ0v) is 9.68. The van der Waals surface area contributed by atoms with Crippen LogP contribution < -0.4 is 10.1 Å². The Kier molecular flexibility index (Phi) is 3.67. The van der Waals surface area contributed by atoms with E-state index in [-0.39, 0.29) is 6.10 Å². The summed E-state index contributed by atoms with van der Waals surface area (Å²) >= 11 is 11.7. The molecule has 1 aromatic heterocycles. The fourth-order valence-electron chi connectivity index (χ4n) is 1.57. The molecule has 1 N–H and O–H groups in total. The molecule has 2 rings (SSSR count). The van der Waals surface area contributed by atoms with Crippen molar-refractivity contribution in [1.29, 1.82) is 0 Å². The summed E-state index contributed by atoms with van der Waals surface area (Å²) in [4.78, 5) is 4.06. The van der Waals surface area contributed by atoms with Gasteiger partial charge in [-0.15, -0.1) is 0 Å². The molecule has 2 heterocycles. The first kappa shape index (κ1) is 11.0. The number of pyridine rings is 1. The van der Waals surface area contributed by atoms with Gasteiger partial charge in [0, 0.05) is 12.7 Å². The Labute approximate surface area is 98.7 Å². The van der Waals surface area contributed by atoms with Gasteiger partial charge in [0.15, 0.2) is 0 Å². The molecule has 0 unspecified atom stereocenters. The molecule has 1 fully saturated rings. The molecule has 0 spiro atoms. The molecule has 0 amide bonds. The molecule has 0 aliphatic carbocycles. The van der Waals surface area contributed by atoms with E-state index in [4.69, 9.17) is 27.9 Å². The highest BCUT2D eigenvalue weighted by molar-refractivity contribution is 6.35. The van der Waals surface area contributed by atoms with E-state index in [1.165, 1.54) is 0 Å². The van der Waals surface area contributed by atoms with Crippen LogP contribution in [0.1, 0.15) is 12.8 Å². The lowest BCUT2D eigenvalue weighted by Gasteiger charge is -2.23. The average Bonchev–Trinajstić information content (AvgIpc) is 2.24. The highest BCUT2D eigenvalue weighted by Crippen LogP contribution is 2.26.